The van der Waals surface area contributed by atoms with Crippen LogP contribution in [0.3, 0.4) is 0 Å². The van der Waals surface area contributed by atoms with Gasteiger partial charge in [-0.15, -0.1) is 0 Å². The van der Waals surface area contributed by atoms with Gasteiger partial charge in [-0.3, -0.25) is 9.52 Å². The highest BCUT2D eigenvalue weighted by Gasteiger charge is 2.09. The van der Waals surface area contributed by atoms with Crippen LogP contribution >= 0.6 is 0 Å². The molecule has 0 unspecified atom stereocenters. The molecule has 0 saturated carbocycles. The van der Waals surface area contributed by atoms with E-state index in [0.29, 0.717) is 22.7 Å². The van der Waals surface area contributed by atoms with Crippen LogP contribution in [-0.4, -0.2) is 27.7 Å². The lowest BCUT2D eigenvalue weighted by Gasteiger charge is -2.09. The van der Waals surface area contributed by atoms with Crippen LogP contribution in [0.1, 0.15) is 10.4 Å². The molecule has 0 bridgehead atoms. The fourth-order valence-electron chi connectivity index (χ4n) is 1.84. The van der Waals surface area contributed by atoms with Gasteiger partial charge in [0, 0.05) is 23.0 Å². The van der Waals surface area contributed by atoms with Gasteiger partial charge in [0.2, 0.25) is 10.0 Å². The van der Waals surface area contributed by atoms with Crippen LogP contribution < -0.4 is 14.8 Å². The smallest absolute Gasteiger partial charge is 0.255 e. The molecule has 6 nitrogen and oxygen atoms in total. The van der Waals surface area contributed by atoms with Crippen molar-refractivity contribution in [2.45, 2.75) is 0 Å². The van der Waals surface area contributed by atoms with Gasteiger partial charge in [0.05, 0.1) is 13.4 Å². The summed E-state index contributed by atoms with van der Waals surface area (Å²) in [7, 11) is -1.84. The first kappa shape index (κ1) is 15.8. The molecule has 0 atom stereocenters. The summed E-state index contributed by atoms with van der Waals surface area (Å²) in [5.41, 5.74) is 1.27. The third kappa shape index (κ3) is 4.49. The SMILES string of the molecule is COc1cccc(NC(=O)c2cccc(NS(C)(=O)=O)c2)c1. The molecule has 1 amide bonds. The van der Waals surface area contributed by atoms with Crippen molar-refractivity contribution in [1.82, 2.24) is 0 Å². The first-order valence-corrected chi connectivity index (χ1v) is 8.30. The Morgan fingerprint density at radius 3 is 2.41 bits per heavy atom. The minimum absolute atomic E-state index is 0.334. The van der Waals surface area contributed by atoms with Crippen LogP contribution in [0.15, 0.2) is 48.5 Å². The third-order valence-corrected chi connectivity index (χ3v) is 3.36. The topological polar surface area (TPSA) is 84.5 Å². The van der Waals surface area contributed by atoms with Crippen molar-refractivity contribution in [2.24, 2.45) is 0 Å². The van der Waals surface area contributed by atoms with Crippen LogP contribution in [0.2, 0.25) is 0 Å². The lowest BCUT2D eigenvalue weighted by atomic mass is 10.2. The van der Waals surface area contributed by atoms with Crippen molar-refractivity contribution in [2.75, 3.05) is 23.4 Å². The predicted molar refractivity (Wildman–Crippen MR) is 85.9 cm³/mol. The number of carbonyl (C=O) groups excluding carboxylic acids is 1. The van der Waals surface area contributed by atoms with E-state index in [4.69, 9.17) is 4.74 Å². The molecule has 0 fully saturated rings. The van der Waals surface area contributed by atoms with E-state index in [1.807, 2.05) is 0 Å². The molecule has 0 aliphatic carbocycles. The highest BCUT2D eigenvalue weighted by atomic mass is 32.2. The summed E-state index contributed by atoms with van der Waals surface area (Å²) in [6, 6.07) is 13.2. The molecule has 2 N–H and O–H groups in total. The molecule has 2 rings (SSSR count). The number of sulfonamides is 1. The number of anilines is 2. The number of hydrogen-bond acceptors (Lipinski definition) is 4. The monoisotopic (exact) mass is 320 g/mol. The van der Waals surface area contributed by atoms with Crippen molar-refractivity contribution >= 4 is 27.3 Å². The van der Waals surface area contributed by atoms with Gasteiger partial charge in [-0.05, 0) is 30.3 Å². The van der Waals surface area contributed by atoms with Crippen LogP contribution in [0.5, 0.6) is 5.75 Å². The van der Waals surface area contributed by atoms with Crippen LogP contribution in [-0.2, 0) is 10.0 Å². The Morgan fingerprint density at radius 1 is 1.05 bits per heavy atom. The van der Waals surface area contributed by atoms with Crippen molar-refractivity contribution in [3.05, 3.63) is 54.1 Å². The average Bonchev–Trinajstić information content (AvgIpc) is 2.46. The average molecular weight is 320 g/mol. The summed E-state index contributed by atoms with van der Waals surface area (Å²) in [4.78, 5) is 12.2. The highest BCUT2D eigenvalue weighted by Crippen LogP contribution is 2.18. The van der Waals surface area contributed by atoms with E-state index in [-0.39, 0.29) is 5.91 Å². The molecule has 2 aromatic carbocycles. The summed E-state index contributed by atoms with van der Waals surface area (Å²) in [5, 5.41) is 2.73. The largest absolute Gasteiger partial charge is 0.497 e. The zero-order chi connectivity index (χ0) is 16.2. The number of hydrogen-bond donors (Lipinski definition) is 2. The van der Waals surface area contributed by atoms with Crippen molar-refractivity contribution < 1.29 is 17.9 Å². The first-order valence-electron chi connectivity index (χ1n) is 6.40. The van der Waals surface area contributed by atoms with Gasteiger partial charge in [-0.1, -0.05) is 12.1 Å². The van der Waals surface area contributed by atoms with Crippen molar-refractivity contribution in [1.29, 1.82) is 0 Å². The minimum Gasteiger partial charge on any atom is -0.497 e. The Bertz CT molecular complexity index is 788. The van der Waals surface area contributed by atoms with E-state index >= 15 is 0 Å². The maximum atomic E-state index is 12.2. The molecule has 0 heterocycles. The number of benzene rings is 2. The molecular formula is C15H16N2O4S. The zero-order valence-corrected chi connectivity index (χ0v) is 13.0. The fraction of sp³-hybridized carbons (Fsp3) is 0.133. The van der Waals surface area contributed by atoms with E-state index in [1.54, 1.807) is 49.6 Å². The van der Waals surface area contributed by atoms with E-state index in [2.05, 4.69) is 10.0 Å². The molecule has 22 heavy (non-hydrogen) atoms. The summed E-state index contributed by atoms with van der Waals surface area (Å²) >= 11 is 0. The van der Waals surface area contributed by atoms with Crippen molar-refractivity contribution in [3.63, 3.8) is 0 Å². The number of nitrogens with one attached hydrogen (secondary N) is 2. The Hall–Kier alpha value is -2.54. The van der Waals surface area contributed by atoms with Gasteiger partial charge < -0.3 is 10.1 Å². The Kier molecular flexibility index (Phi) is 4.67. The number of carbonyl (C=O) groups is 1. The second-order valence-corrected chi connectivity index (χ2v) is 6.39. The molecule has 2 aromatic rings. The second kappa shape index (κ2) is 6.48. The minimum atomic E-state index is -3.39. The Labute approximate surface area is 129 Å². The van der Waals surface area contributed by atoms with Gasteiger partial charge >= 0.3 is 0 Å². The van der Waals surface area contributed by atoms with Gasteiger partial charge in [0.25, 0.3) is 5.91 Å². The highest BCUT2D eigenvalue weighted by molar-refractivity contribution is 7.92. The molecule has 7 heteroatoms. The number of rotatable bonds is 5. The van der Waals surface area contributed by atoms with Crippen LogP contribution in [0, 0.1) is 0 Å². The molecule has 0 aromatic heterocycles. The normalized spacial score (nSPS) is 10.8. The Balaban J connectivity index is 2.17. The molecule has 0 aliphatic heterocycles. The van der Waals surface area contributed by atoms with E-state index < -0.39 is 10.0 Å². The molecular weight excluding hydrogens is 304 g/mol. The van der Waals surface area contributed by atoms with E-state index in [0.717, 1.165) is 6.26 Å². The summed E-state index contributed by atoms with van der Waals surface area (Å²) in [6.45, 7) is 0. The predicted octanol–water partition coefficient (Wildman–Crippen LogP) is 2.32. The fourth-order valence-corrected chi connectivity index (χ4v) is 2.40. The van der Waals surface area contributed by atoms with Gasteiger partial charge in [0.15, 0.2) is 0 Å². The quantitative estimate of drug-likeness (QED) is 0.885. The molecule has 116 valence electrons. The molecule has 0 spiro atoms. The number of ether oxygens (including phenoxy) is 1. The summed E-state index contributed by atoms with van der Waals surface area (Å²) in [5.74, 6) is 0.288. The van der Waals surface area contributed by atoms with E-state index in [1.165, 1.54) is 6.07 Å². The third-order valence-electron chi connectivity index (χ3n) is 2.76. The summed E-state index contributed by atoms with van der Waals surface area (Å²) < 4.78 is 29.9. The van der Waals surface area contributed by atoms with Crippen molar-refractivity contribution in [3.8, 4) is 5.75 Å². The lowest BCUT2D eigenvalue weighted by Crippen LogP contribution is -2.13. The zero-order valence-electron chi connectivity index (χ0n) is 12.2. The van der Waals surface area contributed by atoms with Crippen LogP contribution in [0.4, 0.5) is 11.4 Å². The van der Waals surface area contributed by atoms with E-state index in [9.17, 15) is 13.2 Å². The van der Waals surface area contributed by atoms with Gasteiger partial charge in [0.1, 0.15) is 5.75 Å². The Morgan fingerprint density at radius 2 is 1.73 bits per heavy atom. The van der Waals surface area contributed by atoms with Gasteiger partial charge in [-0.2, -0.15) is 0 Å². The number of methoxy groups -OCH3 is 1. The first-order chi connectivity index (χ1) is 10.4. The van der Waals surface area contributed by atoms with Crippen LogP contribution in [0.25, 0.3) is 0 Å². The summed E-state index contributed by atoms with van der Waals surface area (Å²) in [6.07, 6.45) is 1.05. The van der Waals surface area contributed by atoms with Gasteiger partial charge in [-0.25, -0.2) is 8.42 Å². The maximum absolute atomic E-state index is 12.2. The molecule has 0 radical (unpaired) electrons. The molecule has 0 saturated heterocycles. The lowest BCUT2D eigenvalue weighted by molar-refractivity contribution is 0.102. The standard InChI is InChI=1S/C15H16N2O4S/c1-21-14-8-4-6-12(10-14)16-15(18)11-5-3-7-13(9-11)17-22(2,19)20/h3-10,17H,1-2H3,(H,16,18). The molecule has 0 aliphatic rings. The maximum Gasteiger partial charge on any atom is 0.255 e. The number of amides is 1. The second-order valence-electron chi connectivity index (χ2n) is 4.64.